The van der Waals surface area contributed by atoms with Gasteiger partial charge >= 0.3 is 0 Å². The van der Waals surface area contributed by atoms with Crippen LogP contribution in [-0.4, -0.2) is 66.6 Å². The van der Waals surface area contributed by atoms with E-state index < -0.39 is 0 Å². The van der Waals surface area contributed by atoms with E-state index in [4.69, 9.17) is 39.5 Å². The van der Waals surface area contributed by atoms with Gasteiger partial charge in [-0.25, -0.2) is 0 Å². The van der Waals surface area contributed by atoms with E-state index in [9.17, 15) is 4.79 Å². The molecule has 2 saturated heterocycles. The van der Waals surface area contributed by atoms with Crippen molar-refractivity contribution in [3.63, 3.8) is 0 Å². The molecule has 3 heterocycles. The summed E-state index contributed by atoms with van der Waals surface area (Å²) in [7, 11) is 0. The lowest BCUT2D eigenvalue weighted by molar-refractivity contribution is -0.130. The summed E-state index contributed by atoms with van der Waals surface area (Å²) in [5, 5.41) is 5.33. The van der Waals surface area contributed by atoms with Gasteiger partial charge in [-0.15, -0.1) is 0 Å². The molecule has 0 aliphatic carbocycles. The smallest absolute Gasteiger partial charge is 0.241 e. The number of aromatic nitrogens is 1. The van der Waals surface area contributed by atoms with Crippen LogP contribution in [-0.2, 0) is 4.79 Å². The molecule has 41 heavy (non-hydrogen) atoms. The van der Waals surface area contributed by atoms with Crippen LogP contribution in [0, 0.1) is 13.8 Å². The molecule has 1 aromatic heterocycles. The highest BCUT2D eigenvalue weighted by atomic mass is 35.5. The first-order valence-electron chi connectivity index (χ1n) is 14.3. The maximum absolute atomic E-state index is 12.7. The van der Waals surface area contributed by atoms with Crippen molar-refractivity contribution in [1.82, 2.24) is 14.8 Å². The number of halogens is 3. The summed E-state index contributed by atoms with van der Waals surface area (Å²) in [6.07, 6.45) is 6.20. The fourth-order valence-electron chi connectivity index (χ4n) is 5.21. The van der Waals surface area contributed by atoms with Crippen molar-refractivity contribution >= 4 is 46.4 Å². The summed E-state index contributed by atoms with van der Waals surface area (Å²) in [6, 6.07) is 15.3. The van der Waals surface area contributed by atoms with E-state index in [1.54, 1.807) is 12.3 Å². The molecule has 6 nitrogen and oxygen atoms in total. The van der Waals surface area contributed by atoms with Gasteiger partial charge in [0.05, 0.1) is 6.54 Å². The number of nitrogens with zero attached hydrogens (tertiary/aromatic N) is 3. The molecule has 0 atom stereocenters. The van der Waals surface area contributed by atoms with Gasteiger partial charge in [-0.3, -0.25) is 14.7 Å². The van der Waals surface area contributed by atoms with Crippen LogP contribution in [0.1, 0.15) is 48.4 Å². The van der Waals surface area contributed by atoms with E-state index in [2.05, 4.69) is 21.3 Å². The van der Waals surface area contributed by atoms with Gasteiger partial charge in [0.25, 0.3) is 0 Å². The van der Waals surface area contributed by atoms with E-state index >= 15 is 0 Å². The van der Waals surface area contributed by atoms with Crippen LogP contribution < -0.4 is 10.1 Å². The Bertz CT molecular complexity index is 1290. The zero-order valence-electron chi connectivity index (χ0n) is 23.8. The SMILES string of the molecule is Cc1cc(NCC(=O)N2CCC(c3ccc(Cl)cc3OCCN3CCCC3)CC2)ccn1.Cc1ccc(Cl)cc1Cl. The van der Waals surface area contributed by atoms with Crippen molar-refractivity contribution in [2.45, 2.75) is 45.4 Å². The Labute approximate surface area is 258 Å². The molecule has 2 aliphatic rings. The molecule has 1 amide bonds. The van der Waals surface area contributed by atoms with Crippen LogP contribution in [0.3, 0.4) is 0 Å². The van der Waals surface area contributed by atoms with Gasteiger partial charge in [0.2, 0.25) is 5.91 Å². The molecule has 9 heteroatoms. The summed E-state index contributed by atoms with van der Waals surface area (Å²) in [6.45, 7) is 9.71. The average Bonchev–Trinajstić information content (AvgIpc) is 3.48. The van der Waals surface area contributed by atoms with Crippen molar-refractivity contribution in [3.8, 4) is 5.75 Å². The number of likely N-dealkylation sites (tertiary alicyclic amines) is 2. The van der Waals surface area contributed by atoms with E-state index in [0.717, 1.165) is 60.2 Å². The molecule has 5 rings (SSSR count). The van der Waals surface area contributed by atoms with Crippen LogP contribution in [0.15, 0.2) is 54.7 Å². The standard InChI is InChI=1S/C25H33ClN4O2.C7H6Cl2/c1-19-16-22(6-9-27-19)28-18-25(31)30-12-7-20(8-13-30)23-5-4-21(26)17-24(23)32-15-14-29-10-2-3-11-29;1-5-2-3-6(8)4-7(5)9/h4-6,9,16-17,20H,2-3,7-8,10-15,18H2,1H3,(H,27,28);2-4H,1H3. The second-order valence-electron chi connectivity index (χ2n) is 10.7. The Balaban J connectivity index is 0.000000367. The number of amides is 1. The van der Waals surface area contributed by atoms with Gasteiger partial charge in [-0.1, -0.05) is 46.9 Å². The molecule has 2 aliphatic heterocycles. The molecule has 2 aromatic carbocycles. The summed E-state index contributed by atoms with van der Waals surface area (Å²) in [5.41, 5.74) is 4.14. The number of pyridine rings is 1. The fraction of sp³-hybridized carbons (Fsp3) is 0.438. The summed E-state index contributed by atoms with van der Waals surface area (Å²) in [4.78, 5) is 21.3. The maximum atomic E-state index is 12.7. The van der Waals surface area contributed by atoms with Crippen LogP contribution in [0.5, 0.6) is 5.75 Å². The van der Waals surface area contributed by atoms with Crippen molar-refractivity contribution in [2.75, 3.05) is 51.2 Å². The molecule has 0 unspecified atom stereocenters. The van der Waals surface area contributed by atoms with Crippen LogP contribution in [0.4, 0.5) is 5.69 Å². The van der Waals surface area contributed by atoms with Crippen molar-refractivity contribution < 1.29 is 9.53 Å². The molecule has 0 spiro atoms. The number of nitrogens with one attached hydrogen (secondary N) is 1. The third kappa shape index (κ3) is 9.78. The minimum Gasteiger partial charge on any atom is -0.492 e. The molecule has 1 N–H and O–H groups in total. The number of ether oxygens (including phenoxy) is 1. The number of anilines is 1. The van der Waals surface area contributed by atoms with Gasteiger partial charge in [-0.2, -0.15) is 0 Å². The topological polar surface area (TPSA) is 57.7 Å². The second-order valence-corrected chi connectivity index (χ2v) is 11.9. The number of benzene rings is 2. The van der Waals surface area contributed by atoms with Gasteiger partial charge in [-0.05, 0) is 106 Å². The number of hydrogen-bond donors (Lipinski definition) is 1. The predicted octanol–water partition coefficient (Wildman–Crippen LogP) is 7.64. The number of aryl methyl sites for hydroxylation is 2. The summed E-state index contributed by atoms with van der Waals surface area (Å²) in [5.74, 6) is 1.42. The predicted molar refractivity (Wildman–Crippen MR) is 170 cm³/mol. The van der Waals surface area contributed by atoms with E-state index in [1.807, 2.05) is 55.1 Å². The lowest BCUT2D eigenvalue weighted by atomic mass is 9.88. The highest BCUT2D eigenvalue weighted by molar-refractivity contribution is 6.35. The number of hydrogen-bond acceptors (Lipinski definition) is 5. The van der Waals surface area contributed by atoms with Crippen molar-refractivity contribution in [2.24, 2.45) is 0 Å². The summed E-state index contributed by atoms with van der Waals surface area (Å²) < 4.78 is 6.18. The molecular formula is C32H39Cl3N4O2. The zero-order valence-corrected chi connectivity index (χ0v) is 26.1. The Morgan fingerprint density at radius 3 is 2.34 bits per heavy atom. The van der Waals surface area contributed by atoms with Crippen LogP contribution in [0.2, 0.25) is 15.1 Å². The Hall–Kier alpha value is -2.51. The minimum absolute atomic E-state index is 0.135. The zero-order chi connectivity index (χ0) is 29.2. The largest absolute Gasteiger partial charge is 0.492 e. The number of rotatable bonds is 8. The van der Waals surface area contributed by atoms with Crippen molar-refractivity contribution in [1.29, 1.82) is 0 Å². The molecular weight excluding hydrogens is 579 g/mol. The number of carbonyl (C=O) groups is 1. The third-order valence-electron chi connectivity index (χ3n) is 7.60. The third-order valence-corrected chi connectivity index (χ3v) is 8.48. The Morgan fingerprint density at radius 2 is 1.66 bits per heavy atom. The quantitative estimate of drug-likeness (QED) is 0.282. The molecule has 0 saturated carbocycles. The van der Waals surface area contributed by atoms with E-state index in [1.165, 1.54) is 31.5 Å². The Kier molecular flexibility index (Phi) is 12.0. The fourth-order valence-corrected chi connectivity index (χ4v) is 5.78. The van der Waals surface area contributed by atoms with Crippen LogP contribution >= 0.6 is 34.8 Å². The highest BCUT2D eigenvalue weighted by Crippen LogP contribution is 2.36. The van der Waals surface area contributed by atoms with Gasteiger partial charge in [0.1, 0.15) is 12.4 Å². The monoisotopic (exact) mass is 616 g/mol. The van der Waals surface area contributed by atoms with Crippen molar-refractivity contribution in [3.05, 3.63) is 86.6 Å². The van der Waals surface area contributed by atoms with Gasteiger partial charge in [0, 0.05) is 52.3 Å². The first kappa shape index (κ1) is 31.4. The normalized spacial score (nSPS) is 15.8. The lowest BCUT2D eigenvalue weighted by Gasteiger charge is -2.33. The van der Waals surface area contributed by atoms with Crippen LogP contribution in [0.25, 0.3) is 0 Å². The van der Waals surface area contributed by atoms with E-state index in [0.29, 0.717) is 29.1 Å². The van der Waals surface area contributed by atoms with Gasteiger partial charge < -0.3 is 15.0 Å². The highest BCUT2D eigenvalue weighted by Gasteiger charge is 2.26. The molecule has 2 fully saturated rings. The first-order valence-corrected chi connectivity index (χ1v) is 15.4. The number of piperidine rings is 1. The molecule has 0 bridgehead atoms. The maximum Gasteiger partial charge on any atom is 0.241 e. The molecule has 0 radical (unpaired) electrons. The second kappa shape index (κ2) is 15.6. The molecule has 3 aromatic rings. The van der Waals surface area contributed by atoms with E-state index in [-0.39, 0.29) is 5.91 Å². The minimum atomic E-state index is 0.135. The molecule has 220 valence electrons. The lowest BCUT2D eigenvalue weighted by Crippen LogP contribution is -2.41. The summed E-state index contributed by atoms with van der Waals surface area (Å²) >= 11 is 17.6. The average molecular weight is 618 g/mol. The first-order chi connectivity index (χ1) is 19.8. The number of carbonyl (C=O) groups excluding carboxylic acids is 1. The Morgan fingerprint density at radius 1 is 0.951 bits per heavy atom. The van der Waals surface area contributed by atoms with Gasteiger partial charge in [0.15, 0.2) is 0 Å².